The van der Waals surface area contributed by atoms with E-state index >= 15 is 0 Å². The fraction of sp³-hybridized carbons (Fsp3) is 0.878. The van der Waals surface area contributed by atoms with Crippen LogP contribution in [0.2, 0.25) is 0 Å². The number of carbonyl (C=O) groups excluding carboxylic acids is 1. The molecule has 0 saturated carbocycles. The van der Waals surface area contributed by atoms with Crippen molar-refractivity contribution in [3.63, 3.8) is 0 Å². The van der Waals surface area contributed by atoms with Gasteiger partial charge in [-0.2, -0.15) is 0 Å². The Bertz CT molecular complexity index is 818. The highest BCUT2D eigenvalue weighted by atomic mass is 16.7. The molecule has 1 saturated heterocycles. The largest absolute Gasteiger partial charge is 0.393 e. The van der Waals surface area contributed by atoms with E-state index in [1.165, 1.54) is 122 Å². The van der Waals surface area contributed by atoms with E-state index in [9.17, 15) is 25.2 Å². The molecule has 288 valence electrons. The molecule has 5 N–H and O–H groups in total. The molecule has 0 radical (unpaired) electrons. The summed E-state index contributed by atoms with van der Waals surface area (Å²) in [5.74, 6) is -0.152. The van der Waals surface area contributed by atoms with Crippen molar-refractivity contribution in [2.75, 3.05) is 13.2 Å². The number of carbonyl (C=O) groups is 1. The Morgan fingerprint density at radius 3 is 1.69 bits per heavy atom. The molecule has 49 heavy (non-hydrogen) atoms. The molecular formula is C41H77NO7. The van der Waals surface area contributed by atoms with E-state index in [2.05, 4.69) is 25.7 Å². The lowest BCUT2D eigenvalue weighted by atomic mass is 9.97. The highest BCUT2D eigenvalue weighted by Crippen LogP contribution is 2.25. The molecule has 0 aromatic heterocycles. The second-order valence-electron chi connectivity index (χ2n) is 14.4. The average molecular weight is 696 g/mol. The molecule has 1 aliphatic rings. The van der Waals surface area contributed by atoms with E-state index in [1.807, 2.05) is 6.08 Å². The molecule has 0 unspecified atom stereocenters. The first-order valence-corrected chi connectivity index (χ1v) is 20.4. The summed E-state index contributed by atoms with van der Waals surface area (Å²) in [4.78, 5) is 12.9. The minimum Gasteiger partial charge on any atom is -0.393 e. The number of hydrogen-bond donors (Lipinski definition) is 5. The summed E-state index contributed by atoms with van der Waals surface area (Å²) in [7, 11) is 0. The van der Waals surface area contributed by atoms with Gasteiger partial charge >= 0.3 is 0 Å². The SMILES string of the molecule is C=C1[C@@H](CO)O[C@@H](OC[C@H](NC(=O)CCCCCCCCCCCCCCC)[C@H](O)/C=C/CCCCCCCCCCCCC)[C@H](O)[C@H]1O. The smallest absolute Gasteiger partial charge is 0.220 e. The zero-order valence-electron chi connectivity index (χ0n) is 31.6. The quantitative estimate of drug-likeness (QED) is 0.0344. The topological polar surface area (TPSA) is 128 Å². The molecule has 0 spiro atoms. The predicted octanol–water partition coefficient (Wildman–Crippen LogP) is 8.58. The Morgan fingerprint density at radius 2 is 1.22 bits per heavy atom. The van der Waals surface area contributed by atoms with Gasteiger partial charge in [0.1, 0.15) is 18.3 Å². The number of allylic oxidation sites excluding steroid dienone is 1. The third-order valence-electron chi connectivity index (χ3n) is 9.87. The van der Waals surface area contributed by atoms with Gasteiger partial charge in [-0.05, 0) is 24.8 Å². The molecule has 1 fully saturated rings. The average Bonchev–Trinajstić information content (AvgIpc) is 3.10. The second kappa shape index (κ2) is 31.4. The number of ether oxygens (including phenoxy) is 2. The Balaban J connectivity index is 2.43. The lowest BCUT2D eigenvalue weighted by Crippen LogP contribution is -2.54. The van der Waals surface area contributed by atoms with Crippen LogP contribution in [-0.4, -0.2) is 76.3 Å². The first-order valence-electron chi connectivity index (χ1n) is 20.4. The van der Waals surface area contributed by atoms with E-state index < -0.39 is 43.4 Å². The number of hydrogen-bond acceptors (Lipinski definition) is 7. The van der Waals surface area contributed by atoms with E-state index in [1.54, 1.807) is 6.08 Å². The van der Waals surface area contributed by atoms with Crippen molar-refractivity contribution in [2.45, 2.75) is 218 Å². The highest BCUT2D eigenvalue weighted by molar-refractivity contribution is 5.76. The summed E-state index contributed by atoms with van der Waals surface area (Å²) in [6, 6.07) is -0.756. The minimum absolute atomic E-state index is 0.132. The van der Waals surface area contributed by atoms with Gasteiger partial charge < -0.3 is 35.2 Å². The van der Waals surface area contributed by atoms with Gasteiger partial charge in [-0.1, -0.05) is 174 Å². The maximum Gasteiger partial charge on any atom is 0.220 e. The van der Waals surface area contributed by atoms with Crippen molar-refractivity contribution in [1.29, 1.82) is 0 Å². The Hall–Kier alpha value is -1.29. The van der Waals surface area contributed by atoms with Crippen molar-refractivity contribution >= 4 is 5.91 Å². The number of amides is 1. The number of aliphatic hydroxyl groups excluding tert-OH is 4. The molecule has 8 heteroatoms. The lowest BCUT2D eigenvalue weighted by Gasteiger charge is -2.38. The van der Waals surface area contributed by atoms with Crippen LogP contribution in [0.4, 0.5) is 0 Å². The predicted molar refractivity (Wildman–Crippen MR) is 201 cm³/mol. The van der Waals surface area contributed by atoms with Gasteiger partial charge in [0.2, 0.25) is 5.91 Å². The fourth-order valence-electron chi connectivity index (χ4n) is 6.49. The molecule has 1 aliphatic heterocycles. The summed E-state index contributed by atoms with van der Waals surface area (Å²) >= 11 is 0. The Labute approximate surface area is 300 Å². The number of nitrogens with one attached hydrogen (secondary N) is 1. The lowest BCUT2D eigenvalue weighted by molar-refractivity contribution is -0.254. The number of unbranched alkanes of at least 4 members (excludes halogenated alkanes) is 23. The maximum atomic E-state index is 12.9. The van der Waals surface area contributed by atoms with Crippen LogP contribution in [0.5, 0.6) is 0 Å². The molecule has 0 bridgehead atoms. The van der Waals surface area contributed by atoms with Crippen LogP contribution in [0.3, 0.4) is 0 Å². The van der Waals surface area contributed by atoms with E-state index in [0.29, 0.717) is 6.42 Å². The van der Waals surface area contributed by atoms with Crippen LogP contribution in [0.15, 0.2) is 24.3 Å². The van der Waals surface area contributed by atoms with Crippen LogP contribution in [0.25, 0.3) is 0 Å². The minimum atomic E-state index is -1.40. The molecule has 1 heterocycles. The summed E-state index contributed by atoms with van der Waals surface area (Å²) in [6.07, 6.45) is 29.3. The van der Waals surface area contributed by atoms with Crippen molar-refractivity contribution in [3.05, 3.63) is 24.3 Å². The second-order valence-corrected chi connectivity index (χ2v) is 14.4. The summed E-state index contributed by atoms with van der Waals surface area (Å²) in [6.45, 7) is 7.66. The van der Waals surface area contributed by atoms with Gasteiger partial charge in [-0.15, -0.1) is 0 Å². The Kier molecular flexibility index (Phi) is 29.3. The van der Waals surface area contributed by atoms with Crippen LogP contribution in [0.1, 0.15) is 181 Å². The monoisotopic (exact) mass is 696 g/mol. The van der Waals surface area contributed by atoms with Crippen LogP contribution in [0, 0.1) is 0 Å². The van der Waals surface area contributed by atoms with Crippen molar-refractivity contribution < 1.29 is 34.7 Å². The molecule has 1 rings (SSSR count). The van der Waals surface area contributed by atoms with Gasteiger partial charge in [0, 0.05) is 6.42 Å². The van der Waals surface area contributed by atoms with Crippen molar-refractivity contribution in [1.82, 2.24) is 5.32 Å². The third kappa shape index (κ3) is 23.0. The summed E-state index contributed by atoms with van der Waals surface area (Å²) in [5, 5.41) is 44.3. The van der Waals surface area contributed by atoms with Gasteiger partial charge in [0.05, 0.1) is 25.4 Å². The molecule has 6 atom stereocenters. The first-order chi connectivity index (χ1) is 23.8. The summed E-state index contributed by atoms with van der Waals surface area (Å²) < 4.78 is 11.4. The van der Waals surface area contributed by atoms with Crippen LogP contribution >= 0.6 is 0 Å². The Morgan fingerprint density at radius 1 is 0.776 bits per heavy atom. The molecule has 1 amide bonds. The van der Waals surface area contributed by atoms with E-state index in [4.69, 9.17) is 9.47 Å². The fourth-order valence-corrected chi connectivity index (χ4v) is 6.49. The van der Waals surface area contributed by atoms with Gasteiger partial charge in [0.15, 0.2) is 6.29 Å². The normalized spacial score (nSPS) is 21.0. The van der Waals surface area contributed by atoms with Gasteiger partial charge in [-0.25, -0.2) is 0 Å². The van der Waals surface area contributed by atoms with Gasteiger partial charge in [-0.3, -0.25) is 4.79 Å². The zero-order valence-corrected chi connectivity index (χ0v) is 31.6. The van der Waals surface area contributed by atoms with Crippen LogP contribution in [-0.2, 0) is 14.3 Å². The molecule has 0 aromatic rings. The molecule has 0 aliphatic carbocycles. The maximum absolute atomic E-state index is 12.9. The molecular weight excluding hydrogens is 618 g/mol. The summed E-state index contributed by atoms with van der Waals surface area (Å²) in [5.41, 5.74) is 0.183. The van der Waals surface area contributed by atoms with Crippen LogP contribution < -0.4 is 5.32 Å². The number of aliphatic hydroxyl groups is 4. The van der Waals surface area contributed by atoms with E-state index in [-0.39, 0.29) is 18.1 Å². The first kappa shape index (κ1) is 45.7. The van der Waals surface area contributed by atoms with Crippen molar-refractivity contribution in [3.8, 4) is 0 Å². The van der Waals surface area contributed by atoms with E-state index in [0.717, 1.165) is 38.5 Å². The molecule has 0 aromatic carbocycles. The third-order valence-corrected chi connectivity index (χ3v) is 9.87. The standard InChI is InChI=1S/C41H77NO7/c1-4-6-8-10-12-14-16-18-20-22-24-26-28-30-36(44)35(33-48-41-40(47)39(46)34(3)37(32-43)49-41)42-38(45)31-29-27-25-23-21-19-17-15-13-11-9-7-5-2/h28,30,35-37,39-41,43-44,46-47H,3-27,29,31-33H2,1-2H3,(H,42,45)/b30-28+/t35-,36+,37+,39-,40+,41+/m0/s1. The highest BCUT2D eigenvalue weighted by Gasteiger charge is 2.40. The number of rotatable bonds is 33. The molecule has 8 nitrogen and oxygen atoms in total. The van der Waals surface area contributed by atoms with Crippen molar-refractivity contribution in [2.24, 2.45) is 0 Å². The van der Waals surface area contributed by atoms with Gasteiger partial charge in [0.25, 0.3) is 0 Å². The zero-order chi connectivity index (χ0) is 36.0.